The summed E-state index contributed by atoms with van der Waals surface area (Å²) in [5.41, 5.74) is 0. The highest BCUT2D eigenvalue weighted by Gasteiger charge is 2.15. The molecule has 0 aromatic heterocycles. The van der Waals surface area contributed by atoms with Crippen molar-refractivity contribution < 1.29 is 4.74 Å². The normalized spacial score (nSPS) is 20.2. The molecule has 2 nitrogen and oxygen atoms in total. The van der Waals surface area contributed by atoms with Gasteiger partial charge in [0.05, 0.1) is 0 Å². The first-order valence-electron chi connectivity index (χ1n) is 6.54. The summed E-state index contributed by atoms with van der Waals surface area (Å²) in [5.74, 6) is 1.71. The zero-order chi connectivity index (χ0) is 11.8. The Morgan fingerprint density at radius 2 is 2.00 bits per heavy atom. The number of halogens is 1. The van der Waals surface area contributed by atoms with Gasteiger partial charge in [-0.25, -0.2) is 0 Å². The number of nitrogens with zero attached hydrogens (tertiary/aromatic N) is 1. The van der Waals surface area contributed by atoms with Crippen LogP contribution in [-0.4, -0.2) is 43.6 Å². The van der Waals surface area contributed by atoms with E-state index in [0.717, 1.165) is 30.4 Å². The smallest absolute Gasteiger partial charge is 0.0469 e. The van der Waals surface area contributed by atoms with Crippen LogP contribution in [0.5, 0.6) is 0 Å². The van der Waals surface area contributed by atoms with Gasteiger partial charge in [0.1, 0.15) is 0 Å². The molecule has 3 heteroatoms. The topological polar surface area (TPSA) is 12.5 Å². The van der Waals surface area contributed by atoms with Gasteiger partial charge in [-0.15, -0.1) is 0 Å². The van der Waals surface area contributed by atoms with Gasteiger partial charge in [0.2, 0.25) is 0 Å². The van der Waals surface area contributed by atoms with Crippen molar-refractivity contribution in [1.82, 2.24) is 4.90 Å². The second kappa shape index (κ2) is 8.48. The van der Waals surface area contributed by atoms with E-state index in [2.05, 4.69) is 34.8 Å². The molecule has 0 radical (unpaired) electrons. The molecular weight excluding hydrogens is 266 g/mol. The monoisotopic (exact) mass is 291 g/mol. The average molecular weight is 292 g/mol. The molecule has 1 aliphatic rings. The molecule has 1 saturated heterocycles. The molecule has 0 aliphatic carbocycles. The lowest BCUT2D eigenvalue weighted by molar-refractivity contribution is 0.0552. The minimum absolute atomic E-state index is 0.844. The van der Waals surface area contributed by atoms with Gasteiger partial charge < -0.3 is 9.64 Å². The predicted octanol–water partition coefficient (Wildman–Crippen LogP) is 3.16. The van der Waals surface area contributed by atoms with E-state index < -0.39 is 0 Å². The molecule has 1 fully saturated rings. The summed E-state index contributed by atoms with van der Waals surface area (Å²) in [6, 6.07) is 0. The highest BCUT2D eigenvalue weighted by molar-refractivity contribution is 9.09. The van der Waals surface area contributed by atoms with Crippen molar-refractivity contribution in [3.63, 3.8) is 0 Å². The standard InChI is InChI=1S/C13H26BrNO/c1-12(3-7-14)4-8-15(2)11-13-5-9-16-10-6-13/h12-13H,3-11H2,1-2H3. The molecule has 0 amide bonds. The number of rotatable bonds is 7. The van der Waals surface area contributed by atoms with Gasteiger partial charge in [0.25, 0.3) is 0 Å². The molecular formula is C13H26BrNO. The largest absolute Gasteiger partial charge is 0.381 e. The van der Waals surface area contributed by atoms with Gasteiger partial charge in [-0.05, 0) is 51.1 Å². The quantitative estimate of drug-likeness (QED) is 0.668. The van der Waals surface area contributed by atoms with Crippen molar-refractivity contribution in [2.75, 3.05) is 38.7 Å². The Morgan fingerprint density at radius 3 is 2.62 bits per heavy atom. The van der Waals surface area contributed by atoms with Gasteiger partial charge in [-0.2, -0.15) is 0 Å². The van der Waals surface area contributed by atoms with Gasteiger partial charge in [0.15, 0.2) is 0 Å². The number of hydrogen-bond acceptors (Lipinski definition) is 2. The Kier molecular flexibility index (Phi) is 7.67. The highest BCUT2D eigenvalue weighted by Crippen LogP contribution is 2.16. The van der Waals surface area contributed by atoms with Crippen LogP contribution in [-0.2, 0) is 4.74 Å². The van der Waals surface area contributed by atoms with Crippen molar-refractivity contribution >= 4 is 15.9 Å². The van der Waals surface area contributed by atoms with E-state index >= 15 is 0 Å². The Hall–Kier alpha value is 0.400. The van der Waals surface area contributed by atoms with Crippen molar-refractivity contribution in [3.05, 3.63) is 0 Å². The highest BCUT2D eigenvalue weighted by atomic mass is 79.9. The van der Waals surface area contributed by atoms with Gasteiger partial charge in [-0.1, -0.05) is 22.9 Å². The maximum Gasteiger partial charge on any atom is 0.0469 e. The van der Waals surface area contributed by atoms with E-state index in [9.17, 15) is 0 Å². The summed E-state index contributed by atoms with van der Waals surface area (Å²) in [5, 5.41) is 1.14. The van der Waals surface area contributed by atoms with Crippen LogP contribution in [0.25, 0.3) is 0 Å². The maximum absolute atomic E-state index is 5.39. The SMILES string of the molecule is CC(CCBr)CCN(C)CC1CCOCC1. The average Bonchev–Trinajstić information content (AvgIpc) is 2.28. The fourth-order valence-electron chi connectivity index (χ4n) is 2.23. The molecule has 0 aromatic carbocycles. The molecule has 0 N–H and O–H groups in total. The Bertz CT molecular complexity index is 171. The summed E-state index contributed by atoms with van der Waals surface area (Å²) in [6.07, 6.45) is 5.12. The number of ether oxygens (including phenoxy) is 1. The Labute approximate surface area is 109 Å². The summed E-state index contributed by atoms with van der Waals surface area (Å²) < 4.78 is 5.39. The molecule has 0 spiro atoms. The lowest BCUT2D eigenvalue weighted by atomic mass is 9.99. The van der Waals surface area contributed by atoms with Crippen molar-refractivity contribution in [2.45, 2.75) is 32.6 Å². The van der Waals surface area contributed by atoms with Crippen LogP contribution in [0.3, 0.4) is 0 Å². The van der Waals surface area contributed by atoms with Gasteiger partial charge >= 0.3 is 0 Å². The number of alkyl halides is 1. The van der Waals surface area contributed by atoms with Crippen LogP contribution in [0.4, 0.5) is 0 Å². The molecule has 0 aromatic rings. The minimum Gasteiger partial charge on any atom is -0.381 e. The fraction of sp³-hybridized carbons (Fsp3) is 1.00. The third kappa shape index (κ3) is 6.21. The minimum atomic E-state index is 0.844. The van der Waals surface area contributed by atoms with Crippen molar-refractivity contribution in [3.8, 4) is 0 Å². The zero-order valence-corrected chi connectivity index (χ0v) is 12.3. The first-order valence-corrected chi connectivity index (χ1v) is 7.66. The molecule has 16 heavy (non-hydrogen) atoms. The predicted molar refractivity (Wildman–Crippen MR) is 73.2 cm³/mol. The van der Waals surface area contributed by atoms with E-state index in [1.54, 1.807) is 0 Å². The third-order valence-electron chi connectivity index (χ3n) is 3.52. The number of hydrogen-bond donors (Lipinski definition) is 0. The lowest BCUT2D eigenvalue weighted by Crippen LogP contribution is -2.30. The van der Waals surface area contributed by atoms with Crippen molar-refractivity contribution in [2.24, 2.45) is 11.8 Å². The van der Waals surface area contributed by atoms with E-state index in [4.69, 9.17) is 4.74 Å². The van der Waals surface area contributed by atoms with Crippen LogP contribution >= 0.6 is 15.9 Å². The molecule has 1 atom stereocenters. The second-order valence-corrected chi connectivity index (χ2v) is 5.98. The van der Waals surface area contributed by atoms with Crippen molar-refractivity contribution in [1.29, 1.82) is 0 Å². The maximum atomic E-state index is 5.39. The van der Waals surface area contributed by atoms with Gasteiger partial charge in [0, 0.05) is 25.1 Å². The van der Waals surface area contributed by atoms with Crippen LogP contribution in [0.1, 0.15) is 32.6 Å². The molecule has 96 valence electrons. The summed E-state index contributed by atoms with van der Waals surface area (Å²) in [4.78, 5) is 2.50. The molecule has 1 unspecified atom stereocenters. The first-order chi connectivity index (χ1) is 7.72. The zero-order valence-electron chi connectivity index (χ0n) is 10.8. The van der Waals surface area contributed by atoms with Gasteiger partial charge in [-0.3, -0.25) is 0 Å². The second-order valence-electron chi connectivity index (χ2n) is 5.19. The summed E-state index contributed by atoms with van der Waals surface area (Å²) in [7, 11) is 2.26. The van der Waals surface area contributed by atoms with Crippen LogP contribution in [0.15, 0.2) is 0 Å². The Balaban J connectivity index is 2.07. The summed E-state index contributed by atoms with van der Waals surface area (Å²) in [6.45, 7) is 6.79. The van der Waals surface area contributed by atoms with E-state index in [1.807, 2.05) is 0 Å². The van der Waals surface area contributed by atoms with Crippen LogP contribution in [0, 0.1) is 11.8 Å². The summed E-state index contributed by atoms with van der Waals surface area (Å²) >= 11 is 3.51. The van der Waals surface area contributed by atoms with E-state index in [-0.39, 0.29) is 0 Å². The Morgan fingerprint density at radius 1 is 1.31 bits per heavy atom. The molecule has 1 rings (SSSR count). The molecule has 1 aliphatic heterocycles. The third-order valence-corrected chi connectivity index (χ3v) is 3.97. The lowest BCUT2D eigenvalue weighted by Gasteiger charge is -2.27. The first kappa shape index (κ1) is 14.5. The molecule has 0 saturated carbocycles. The van der Waals surface area contributed by atoms with E-state index in [1.165, 1.54) is 38.8 Å². The van der Waals surface area contributed by atoms with E-state index in [0.29, 0.717) is 0 Å². The molecule has 1 heterocycles. The van der Waals surface area contributed by atoms with Crippen LogP contribution in [0.2, 0.25) is 0 Å². The van der Waals surface area contributed by atoms with Crippen LogP contribution < -0.4 is 0 Å². The fourth-order valence-corrected chi connectivity index (χ4v) is 3.01. The molecule has 0 bridgehead atoms.